The number of rotatable bonds is 6. The smallest absolute Gasteiger partial charge is 0.129 e. The van der Waals surface area contributed by atoms with E-state index in [0.717, 1.165) is 12.1 Å². The van der Waals surface area contributed by atoms with Crippen LogP contribution < -0.4 is 5.32 Å². The van der Waals surface area contributed by atoms with E-state index in [2.05, 4.69) is 59.4 Å². The monoisotopic (exact) mass is 392 g/mol. The fourth-order valence-electron chi connectivity index (χ4n) is 3.57. The summed E-state index contributed by atoms with van der Waals surface area (Å²) in [7, 11) is 0. The van der Waals surface area contributed by atoms with Crippen molar-refractivity contribution >= 4 is 22.5 Å². The van der Waals surface area contributed by atoms with Crippen LogP contribution in [0.4, 0.5) is 4.39 Å². The molecule has 0 aliphatic heterocycles. The molecule has 0 aliphatic rings. The van der Waals surface area contributed by atoms with Gasteiger partial charge >= 0.3 is 0 Å². The number of halogens is 2. The number of aromatic nitrogens is 1. The Kier molecular flexibility index (Phi) is 5.47. The zero-order chi connectivity index (χ0) is 19.5. The van der Waals surface area contributed by atoms with E-state index in [9.17, 15) is 4.39 Å². The first-order chi connectivity index (χ1) is 13.6. The third-order valence-corrected chi connectivity index (χ3v) is 5.51. The van der Waals surface area contributed by atoms with Crippen LogP contribution in [0.25, 0.3) is 10.9 Å². The van der Waals surface area contributed by atoms with Crippen LogP contribution in [0.5, 0.6) is 0 Å². The molecule has 0 radical (unpaired) electrons. The van der Waals surface area contributed by atoms with Crippen LogP contribution in [0.2, 0.25) is 5.02 Å². The third kappa shape index (κ3) is 3.82. The van der Waals surface area contributed by atoms with Gasteiger partial charge in [-0.05, 0) is 36.2 Å². The van der Waals surface area contributed by atoms with Gasteiger partial charge in [-0.3, -0.25) is 0 Å². The minimum Gasteiger partial charge on any atom is -0.343 e. The van der Waals surface area contributed by atoms with Crippen LogP contribution in [0.15, 0.2) is 79.0 Å². The summed E-state index contributed by atoms with van der Waals surface area (Å²) in [6.45, 7) is 3.29. The summed E-state index contributed by atoms with van der Waals surface area (Å²) in [6, 6.07) is 23.7. The molecule has 0 spiro atoms. The van der Waals surface area contributed by atoms with Crippen LogP contribution >= 0.6 is 11.6 Å². The van der Waals surface area contributed by atoms with Gasteiger partial charge in [0.15, 0.2) is 0 Å². The van der Waals surface area contributed by atoms with Crippen molar-refractivity contribution in [2.24, 2.45) is 0 Å². The van der Waals surface area contributed by atoms with Gasteiger partial charge in [-0.1, -0.05) is 66.2 Å². The molecule has 0 aliphatic carbocycles. The van der Waals surface area contributed by atoms with Crippen LogP contribution in [0.1, 0.15) is 29.7 Å². The average Bonchev–Trinajstić information content (AvgIpc) is 3.07. The molecule has 0 saturated heterocycles. The summed E-state index contributed by atoms with van der Waals surface area (Å²) < 4.78 is 16.3. The first-order valence-corrected chi connectivity index (χ1v) is 9.79. The number of hydrogen-bond donors (Lipinski definition) is 1. The van der Waals surface area contributed by atoms with Gasteiger partial charge < -0.3 is 9.88 Å². The predicted molar refractivity (Wildman–Crippen MR) is 114 cm³/mol. The van der Waals surface area contributed by atoms with Gasteiger partial charge in [0.1, 0.15) is 5.82 Å². The highest BCUT2D eigenvalue weighted by Gasteiger charge is 2.13. The number of fused-ring (bicyclic) bond motifs is 1. The Hall–Kier alpha value is -2.62. The number of nitrogens with zero attached hydrogens (tertiary/aromatic N) is 1. The lowest BCUT2D eigenvalue weighted by Gasteiger charge is -2.13. The summed E-state index contributed by atoms with van der Waals surface area (Å²) in [5.74, 6) is -0.275. The lowest BCUT2D eigenvalue weighted by molar-refractivity contribution is 0.574. The number of benzene rings is 3. The molecule has 142 valence electrons. The molecule has 0 unspecified atom stereocenters. The highest BCUT2D eigenvalue weighted by molar-refractivity contribution is 6.31. The highest BCUT2D eigenvalue weighted by Crippen LogP contribution is 2.26. The summed E-state index contributed by atoms with van der Waals surface area (Å²) in [5.41, 5.74) is 4.03. The minimum absolute atomic E-state index is 0.240. The van der Waals surface area contributed by atoms with Crippen LogP contribution in [-0.2, 0) is 13.1 Å². The molecule has 1 atom stereocenters. The molecule has 3 aromatic carbocycles. The molecule has 0 saturated carbocycles. The second kappa shape index (κ2) is 8.17. The Morgan fingerprint density at radius 1 is 0.964 bits per heavy atom. The molecule has 28 heavy (non-hydrogen) atoms. The minimum atomic E-state index is -0.275. The van der Waals surface area contributed by atoms with Gasteiger partial charge in [-0.15, -0.1) is 0 Å². The van der Waals surface area contributed by atoms with Crippen LogP contribution in [0.3, 0.4) is 0 Å². The topological polar surface area (TPSA) is 17.0 Å². The maximum Gasteiger partial charge on any atom is 0.129 e. The molecular formula is C24H22ClFN2. The van der Waals surface area contributed by atoms with Gasteiger partial charge in [-0.2, -0.15) is 0 Å². The summed E-state index contributed by atoms with van der Waals surface area (Å²) in [6.07, 6.45) is 2.10. The lowest BCUT2D eigenvalue weighted by Crippen LogP contribution is -2.17. The first kappa shape index (κ1) is 18.7. The fourth-order valence-corrected chi connectivity index (χ4v) is 3.79. The lowest BCUT2D eigenvalue weighted by atomic mass is 10.1. The Labute approximate surface area is 169 Å². The largest absolute Gasteiger partial charge is 0.343 e. The van der Waals surface area contributed by atoms with Gasteiger partial charge in [0.2, 0.25) is 0 Å². The molecule has 1 heterocycles. The Morgan fingerprint density at radius 3 is 2.50 bits per heavy atom. The normalized spacial score (nSPS) is 12.4. The molecule has 4 rings (SSSR count). The summed E-state index contributed by atoms with van der Waals surface area (Å²) in [4.78, 5) is 0. The number of hydrogen-bond acceptors (Lipinski definition) is 1. The molecule has 0 bridgehead atoms. The summed E-state index contributed by atoms with van der Waals surface area (Å²) >= 11 is 6.24. The molecule has 2 nitrogen and oxygen atoms in total. The standard InChI is InChI=1S/C24H22ClFN2/c1-17(18-8-3-2-4-9-18)27-14-19-15-28(24-13-6-5-10-20(19)24)16-21-22(25)11-7-12-23(21)26/h2-13,15,17,27H,14,16H2,1H3/t17-/m0/s1. The van der Waals surface area contributed by atoms with Crippen molar-refractivity contribution in [1.29, 1.82) is 0 Å². The average molecular weight is 393 g/mol. The maximum absolute atomic E-state index is 14.3. The van der Waals surface area contributed by atoms with E-state index in [1.807, 2.05) is 18.2 Å². The van der Waals surface area contributed by atoms with E-state index in [0.29, 0.717) is 17.1 Å². The third-order valence-electron chi connectivity index (χ3n) is 5.16. The van der Waals surface area contributed by atoms with Gasteiger partial charge in [-0.25, -0.2) is 4.39 Å². The number of nitrogens with one attached hydrogen (secondary N) is 1. The molecule has 1 N–H and O–H groups in total. The van der Waals surface area contributed by atoms with E-state index < -0.39 is 0 Å². The van der Waals surface area contributed by atoms with Gasteiger partial charge in [0.05, 0.1) is 6.54 Å². The zero-order valence-electron chi connectivity index (χ0n) is 15.7. The van der Waals surface area contributed by atoms with E-state index in [4.69, 9.17) is 11.6 Å². The Balaban J connectivity index is 1.61. The maximum atomic E-state index is 14.3. The molecule has 0 amide bonds. The first-order valence-electron chi connectivity index (χ1n) is 9.41. The van der Waals surface area contributed by atoms with Crippen LogP contribution in [-0.4, -0.2) is 4.57 Å². The zero-order valence-corrected chi connectivity index (χ0v) is 16.5. The Bertz CT molecular complexity index is 1070. The second-order valence-corrected chi connectivity index (χ2v) is 7.42. The van der Waals surface area contributed by atoms with Crippen molar-refractivity contribution in [3.63, 3.8) is 0 Å². The van der Waals surface area contributed by atoms with Crippen LogP contribution in [0, 0.1) is 5.82 Å². The SMILES string of the molecule is C[C@H](NCc1cn(Cc2c(F)cccc2Cl)c2ccccc12)c1ccccc1. The molecule has 4 aromatic rings. The highest BCUT2D eigenvalue weighted by atomic mass is 35.5. The summed E-state index contributed by atoms with van der Waals surface area (Å²) in [5, 5.41) is 5.22. The van der Waals surface area contributed by atoms with Crippen molar-refractivity contribution in [3.8, 4) is 0 Å². The van der Waals surface area contributed by atoms with E-state index in [-0.39, 0.29) is 11.9 Å². The van der Waals surface area contributed by atoms with Crippen molar-refractivity contribution < 1.29 is 4.39 Å². The molecule has 1 aromatic heterocycles. The molecular weight excluding hydrogens is 371 g/mol. The molecule has 4 heteroatoms. The molecule has 0 fully saturated rings. The van der Waals surface area contributed by atoms with E-state index >= 15 is 0 Å². The van der Waals surface area contributed by atoms with Gasteiger partial charge in [0, 0.05) is 40.3 Å². The van der Waals surface area contributed by atoms with Crippen molar-refractivity contribution in [3.05, 3.63) is 107 Å². The number of para-hydroxylation sites is 1. The van der Waals surface area contributed by atoms with Gasteiger partial charge in [0.25, 0.3) is 0 Å². The quantitative estimate of drug-likeness (QED) is 0.405. The van der Waals surface area contributed by atoms with Crippen molar-refractivity contribution in [2.45, 2.75) is 26.1 Å². The predicted octanol–water partition coefficient (Wildman–Crippen LogP) is 6.33. The van der Waals surface area contributed by atoms with Crippen molar-refractivity contribution in [2.75, 3.05) is 0 Å². The second-order valence-electron chi connectivity index (χ2n) is 7.01. The van der Waals surface area contributed by atoms with E-state index in [1.54, 1.807) is 12.1 Å². The Morgan fingerprint density at radius 2 is 1.71 bits per heavy atom. The van der Waals surface area contributed by atoms with E-state index in [1.165, 1.54) is 22.6 Å². The van der Waals surface area contributed by atoms with Crippen molar-refractivity contribution in [1.82, 2.24) is 9.88 Å². The fraction of sp³-hybridized carbons (Fsp3) is 0.167.